The van der Waals surface area contributed by atoms with Crippen molar-refractivity contribution < 1.29 is 4.79 Å². The molecular weight excluding hydrogens is 248 g/mol. The van der Waals surface area contributed by atoms with Gasteiger partial charge in [0.15, 0.2) is 0 Å². The number of alkyl halides is 1. The molecule has 1 heterocycles. The zero-order valence-corrected chi connectivity index (χ0v) is 11.2. The Labute approximate surface area is 113 Å². The fourth-order valence-electron chi connectivity index (χ4n) is 2.22. The normalized spacial score (nSPS) is 19.5. The number of benzene rings is 1. The van der Waals surface area contributed by atoms with E-state index in [4.69, 9.17) is 11.6 Å². The summed E-state index contributed by atoms with van der Waals surface area (Å²) in [5.74, 6) is 1.16. The molecule has 0 spiro atoms. The number of halogens is 1. The zero-order valence-electron chi connectivity index (χ0n) is 10.4. The molecule has 1 aliphatic rings. The van der Waals surface area contributed by atoms with Gasteiger partial charge in [-0.1, -0.05) is 30.3 Å². The van der Waals surface area contributed by atoms with Crippen LogP contribution in [0, 0.1) is 5.92 Å². The van der Waals surface area contributed by atoms with E-state index in [1.165, 1.54) is 5.56 Å². The molecule has 1 aromatic rings. The van der Waals surface area contributed by atoms with Crippen LogP contribution in [-0.2, 0) is 11.3 Å². The predicted molar refractivity (Wildman–Crippen MR) is 73.6 cm³/mol. The van der Waals surface area contributed by atoms with Crippen molar-refractivity contribution in [3.8, 4) is 0 Å². The first-order valence-corrected chi connectivity index (χ1v) is 6.91. The van der Waals surface area contributed by atoms with E-state index in [0.29, 0.717) is 18.2 Å². The number of carbonyl (C=O) groups excluding carboxylic acids is 1. The number of likely N-dealkylation sites (tertiary alicyclic amines) is 1. The lowest BCUT2D eigenvalue weighted by Crippen LogP contribution is -2.33. The molecular formula is C14H19ClN2O. The Kier molecular flexibility index (Phi) is 5.02. The maximum absolute atomic E-state index is 11.6. The molecule has 1 amide bonds. The lowest BCUT2D eigenvalue weighted by molar-refractivity contribution is -0.127. The van der Waals surface area contributed by atoms with Gasteiger partial charge in [0.1, 0.15) is 0 Å². The maximum Gasteiger partial charge on any atom is 0.223 e. The molecule has 0 aliphatic carbocycles. The zero-order chi connectivity index (χ0) is 12.8. The van der Waals surface area contributed by atoms with Crippen molar-refractivity contribution >= 4 is 17.5 Å². The molecule has 0 saturated carbocycles. The summed E-state index contributed by atoms with van der Waals surface area (Å²) in [6.45, 7) is 3.27. The van der Waals surface area contributed by atoms with Crippen LogP contribution in [-0.4, -0.2) is 36.3 Å². The number of hydrogen-bond donors (Lipinski definition) is 1. The van der Waals surface area contributed by atoms with Crippen LogP contribution in [0.4, 0.5) is 0 Å². The molecule has 4 heteroatoms. The van der Waals surface area contributed by atoms with Crippen LogP contribution in [0.25, 0.3) is 0 Å². The summed E-state index contributed by atoms with van der Waals surface area (Å²) in [6, 6.07) is 10.3. The monoisotopic (exact) mass is 266 g/mol. The van der Waals surface area contributed by atoms with Crippen LogP contribution in [0.1, 0.15) is 12.0 Å². The van der Waals surface area contributed by atoms with E-state index < -0.39 is 0 Å². The Bertz CT molecular complexity index is 383. The third-order valence-corrected chi connectivity index (χ3v) is 3.68. The summed E-state index contributed by atoms with van der Waals surface area (Å²) in [5.41, 5.74) is 1.27. The topological polar surface area (TPSA) is 32.3 Å². The second-order valence-corrected chi connectivity index (χ2v) is 5.04. The quantitative estimate of drug-likeness (QED) is 0.630. The highest BCUT2D eigenvalue weighted by Gasteiger charge is 2.28. The van der Waals surface area contributed by atoms with Crippen LogP contribution in [0.2, 0.25) is 0 Å². The summed E-state index contributed by atoms with van der Waals surface area (Å²) in [6.07, 6.45) is 0.613. The fraction of sp³-hybridized carbons (Fsp3) is 0.500. The molecule has 1 unspecified atom stereocenters. The van der Waals surface area contributed by atoms with Gasteiger partial charge in [0, 0.05) is 38.5 Å². The lowest BCUT2D eigenvalue weighted by atomic mass is 10.1. The predicted octanol–water partition coefficient (Wildman–Crippen LogP) is 1.86. The van der Waals surface area contributed by atoms with Crippen molar-refractivity contribution in [2.75, 3.05) is 25.5 Å². The first kappa shape index (κ1) is 13.4. The van der Waals surface area contributed by atoms with E-state index in [0.717, 1.165) is 26.2 Å². The lowest BCUT2D eigenvalue weighted by Gasteiger charge is -2.16. The van der Waals surface area contributed by atoms with Crippen LogP contribution in [0.5, 0.6) is 0 Å². The third kappa shape index (κ3) is 3.72. The molecule has 1 aromatic carbocycles. The smallest absolute Gasteiger partial charge is 0.223 e. The number of amides is 1. The highest BCUT2D eigenvalue weighted by atomic mass is 35.5. The first-order chi connectivity index (χ1) is 8.79. The molecule has 1 N–H and O–H groups in total. The van der Waals surface area contributed by atoms with Gasteiger partial charge in [-0.25, -0.2) is 0 Å². The Hall–Kier alpha value is -1.06. The minimum absolute atomic E-state index is 0.238. The highest BCUT2D eigenvalue weighted by molar-refractivity contribution is 6.18. The molecule has 1 fully saturated rings. The molecule has 18 heavy (non-hydrogen) atoms. The maximum atomic E-state index is 11.6. The molecule has 0 aromatic heterocycles. The Morgan fingerprint density at radius 2 is 2.11 bits per heavy atom. The molecule has 1 atom stereocenters. The van der Waals surface area contributed by atoms with Gasteiger partial charge in [0.25, 0.3) is 0 Å². The summed E-state index contributed by atoms with van der Waals surface area (Å²) in [7, 11) is 0. The average molecular weight is 267 g/mol. The average Bonchev–Trinajstić information content (AvgIpc) is 2.77. The van der Waals surface area contributed by atoms with E-state index in [1.54, 1.807) is 0 Å². The van der Waals surface area contributed by atoms with Gasteiger partial charge in [-0.2, -0.15) is 0 Å². The van der Waals surface area contributed by atoms with Gasteiger partial charge >= 0.3 is 0 Å². The number of carbonyl (C=O) groups is 1. The van der Waals surface area contributed by atoms with E-state index in [2.05, 4.69) is 17.4 Å². The van der Waals surface area contributed by atoms with Crippen LogP contribution in [0.15, 0.2) is 30.3 Å². The van der Waals surface area contributed by atoms with E-state index in [9.17, 15) is 4.79 Å². The molecule has 1 aliphatic heterocycles. The highest BCUT2D eigenvalue weighted by Crippen LogP contribution is 2.18. The van der Waals surface area contributed by atoms with Gasteiger partial charge in [0.2, 0.25) is 5.91 Å². The van der Waals surface area contributed by atoms with Crippen molar-refractivity contribution in [1.29, 1.82) is 0 Å². The number of nitrogens with zero attached hydrogens (tertiary/aromatic N) is 1. The molecule has 98 valence electrons. The standard InChI is InChI=1S/C14H19ClN2O/c15-9-13-8-14(18)17(11-13)7-6-16-10-12-4-2-1-3-5-12/h1-5,13,16H,6-11H2. The molecule has 2 rings (SSSR count). The second-order valence-electron chi connectivity index (χ2n) is 4.73. The fourth-order valence-corrected chi connectivity index (χ4v) is 2.42. The van der Waals surface area contributed by atoms with Crippen LogP contribution >= 0.6 is 11.6 Å². The molecule has 0 bridgehead atoms. The van der Waals surface area contributed by atoms with Crippen molar-refractivity contribution in [1.82, 2.24) is 10.2 Å². The molecule has 1 saturated heterocycles. The second kappa shape index (κ2) is 6.76. The Morgan fingerprint density at radius 1 is 1.33 bits per heavy atom. The SMILES string of the molecule is O=C1CC(CCl)CN1CCNCc1ccccc1. The van der Waals surface area contributed by atoms with Gasteiger partial charge in [0.05, 0.1) is 0 Å². The van der Waals surface area contributed by atoms with Crippen molar-refractivity contribution in [2.24, 2.45) is 5.92 Å². The summed E-state index contributed by atoms with van der Waals surface area (Å²) >= 11 is 5.79. The summed E-state index contributed by atoms with van der Waals surface area (Å²) in [4.78, 5) is 13.6. The summed E-state index contributed by atoms with van der Waals surface area (Å²) < 4.78 is 0. The first-order valence-electron chi connectivity index (χ1n) is 6.38. The van der Waals surface area contributed by atoms with E-state index in [1.807, 2.05) is 23.1 Å². The molecule has 0 radical (unpaired) electrons. The van der Waals surface area contributed by atoms with Crippen molar-refractivity contribution in [3.63, 3.8) is 0 Å². The van der Waals surface area contributed by atoms with Gasteiger partial charge in [-0.3, -0.25) is 4.79 Å². The Morgan fingerprint density at radius 3 is 2.78 bits per heavy atom. The number of hydrogen-bond acceptors (Lipinski definition) is 2. The summed E-state index contributed by atoms with van der Waals surface area (Å²) in [5, 5.41) is 3.36. The number of rotatable bonds is 6. The minimum atomic E-state index is 0.238. The molecule has 3 nitrogen and oxygen atoms in total. The van der Waals surface area contributed by atoms with Crippen LogP contribution in [0.3, 0.4) is 0 Å². The van der Waals surface area contributed by atoms with Gasteiger partial charge in [-0.15, -0.1) is 11.6 Å². The number of nitrogens with one attached hydrogen (secondary N) is 1. The van der Waals surface area contributed by atoms with Crippen molar-refractivity contribution in [3.05, 3.63) is 35.9 Å². The van der Waals surface area contributed by atoms with Gasteiger partial charge in [-0.05, 0) is 11.5 Å². The van der Waals surface area contributed by atoms with Crippen LogP contribution < -0.4 is 5.32 Å². The third-order valence-electron chi connectivity index (χ3n) is 3.24. The van der Waals surface area contributed by atoms with Crippen molar-refractivity contribution in [2.45, 2.75) is 13.0 Å². The van der Waals surface area contributed by atoms with E-state index >= 15 is 0 Å². The van der Waals surface area contributed by atoms with E-state index in [-0.39, 0.29) is 5.91 Å². The van der Waals surface area contributed by atoms with Gasteiger partial charge < -0.3 is 10.2 Å². The largest absolute Gasteiger partial charge is 0.341 e. The Balaban J connectivity index is 1.65. The minimum Gasteiger partial charge on any atom is -0.341 e.